The highest BCUT2D eigenvalue weighted by Crippen LogP contribution is 2.10. The highest BCUT2D eigenvalue weighted by molar-refractivity contribution is 8.00. The number of hydrogen-bond donors (Lipinski definition) is 0. The molecule has 17 heavy (non-hydrogen) atoms. The van der Waals surface area contributed by atoms with Crippen LogP contribution >= 0.6 is 0 Å². The summed E-state index contributed by atoms with van der Waals surface area (Å²) >= 11 is 0. The van der Waals surface area contributed by atoms with Gasteiger partial charge in [-0.05, 0) is 27.5 Å². The molecule has 0 N–H and O–H groups in total. The Morgan fingerprint density at radius 2 is 1.94 bits per heavy atom. The summed E-state index contributed by atoms with van der Waals surface area (Å²) in [5.41, 5.74) is 0. The summed E-state index contributed by atoms with van der Waals surface area (Å²) in [5, 5.41) is 0. The van der Waals surface area contributed by atoms with Crippen molar-refractivity contribution < 1.29 is 13.7 Å². The zero-order valence-corrected chi connectivity index (χ0v) is 11.0. The van der Waals surface area contributed by atoms with Crippen molar-refractivity contribution >= 4 is 21.4 Å². The van der Waals surface area contributed by atoms with E-state index in [0.29, 0.717) is 4.90 Å². The van der Waals surface area contributed by atoms with Gasteiger partial charge in [0.25, 0.3) is 0 Å². The lowest BCUT2D eigenvalue weighted by molar-refractivity contribution is -0.146. The molecule has 0 heterocycles. The molecule has 1 unspecified atom stereocenters. The molecule has 0 amide bonds. The summed E-state index contributed by atoms with van der Waals surface area (Å²) in [5.74, 6) is 3.55. The van der Waals surface area contributed by atoms with Crippen LogP contribution in [-0.4, -0.2) is 28.4 Å². The molecule has 0 radical (unpaired) electrons. The molecule has 0 spiro atoms. The van der Waals surface area contributed by atoms with Crippen LogP contribution in [0.15, 0.2) is 35.2 Å². The molecule has 0 bridgehead atoms. The minimum atomic E-state index is -2.36. The molecule has 1 aromatic carbocycles. The van der Waals surface area contributed by atoms with Gasteiger partial charge < -0.3 is 4.74 Å². The molecule has 0 aromatic heterocycles. The van der Waals surface area contributed by atoms with Crippen molar-refractivity contribution in [1.29, 1.82) is 0 Å². The summed E-state index contributed by atoms with van der Waals surface area (Å²) in [6.07, 6.45) is 0. The summed E-state index contributed by atoms with van der Waals surface area (Å²) < 4.78 is 17.2. The Morgan fingerprint density at radius 1 is 1.35 bits per heavy atom. The Bertz CT molecular complexity index is 461. The fraction of sp³-hybridized carbons (Fsp3) is 0.385. The van der Waals surface area contributed by atoms with Gasteiger partial charge in [0.15, 0.2) is 0 Å². The largest absolute Gasteiger partial charge is 0.465 e. The standard InChI is InChI=1S/C13H18O3S/c1-11(2)13(14)16-9-10-17(3,15)12-7-5-4-6-8-12/h4-8,11H,3,9-10H2,1-2H3. The van der Waals surface area contributed by atoms with Gasteiger partial charge in [0, 0.05) is 4.90 Å². The van der Waals surface area contributed by atoms with Gasteiger partial charge in [-0.3, -0.25) is 9.00 Å². The quantitative estimate of drug-likeness (QED) is 0.596. The first-order chi connectivity index (χ1) is 7.93. The second-order valence-electron chi connectivity index (χ2n) is 4.15. The molecule has 0 saturated heterocycles. The van der Waals surface area contributed by atoms with Gasteiger partial charge in [-0.1, -0.05) is 32.0 Å². The zero-order chi connectivity index (χ0) is 12.9. The first kappa shape index (κ1) is 13.8. The average Bonchev–Trinajstić information content (AvgIpc) is 2.29. The van der Waals surface area contributed by atoms with E-state index >= 15 is 0 Å². The third-order valence-electron chi connectivity index (χ3n) is 2.30. The number of esters is 1. The summed E-state index contributed by atoms with van der Waals surface area (Å²) in [6, 6.07) is 9.05. The van der Waals surface area contributed by atoms with Crippen LogP contribution < -0.4 is 0 Å². The summed E-state index contributed by atoms with van der Waals surface area (Å²) in [6.45, 7) is 3.68. The fourth-order valence-corrected chi connectivity index (χ4v) is 2.47. The average molecular weight is 254 g/mol. The Labute approximate surface area is 103 Å². The zero-order valence-electron chi connectivity index (χ0n) is 10.2. The predicted octanol–water partition coefficient (Wildman–Crippen LogP) is 1.96. The molecule has 0 aliphatic carbocycles. The lowest BCUT2D eigenvalue weighted by Gasteiger charge is -2.11. The highest BCUT2D eigenvalue weighted by atomic mass is 32.2. The van der Waals surface area contributed by atoms with E-state index in [0.717, 1.165) is 0 Å². The maximum atomic E-state index is 12.2. The highest BCUT2D eigenvalue weighted by Gasteiger charge is 2.11. The van der Waals surface area contributed by atoms with Crippen LogP contribution in [0.4, 0.5) is 0 Å². The molecule has 1 aromatic rings. The Balaban J connectivity index is 2.55. The molecular weight excluding hydrogens is 236 g/mol. The number of benzene rings is 1. The minimum Gasteiger partial charge on any atom is -0.465 e. The summed E-state index contributed by atoms with van der Waals surface area (Å²) in [4.78, 5) is 11.9. The maximum Gasteiger partial charge on any atom is 0.308 e. The van der Waals surface area contributed by atoms with Gasteiger partial charge in [-0.2, -0.15) is 0 Å². The molecule has 94 valence electrons. The fourth-order valence-electron chi connectivity index (χ4n) is 1.23. The first-order valence-electron chi connectivity index (χ1n) is 5.50. The van der Waals surface area contributed by atoms with Gasteiger partial charge in [-0.25, -0.2) is 0 Å². The van der Waals surface area contributed by atoms with E-state index in [1.165, 1.54) is 0 Å². The van der Waals surface area contributed by atoms with E-state index in [4.69, 9.17) is 4.74 Å². The van der Waals surface area contributed by atoms with Crippen molar-refractivity contribution in [3.63, 3.8) is 0 Å². The smallest absolute Gasteiger partial charge is 0.308 e. The number of ether oxygens (including phenoxy) is 1. The predicted molar refractivity (Wildman–Crippen MR) is 70.6 cm³/mol. The monoisotopic (exact) mass is 254 g/mol. The van der Waals surface area contributed by atoms with E-state index in [1.807, 2.05) is 18.2 Å². The van der Waals surface area contributed by atoms with Crippen molar-refractivity contribution in [2.75, 3.05) is 12.4 Å². The van der Waals surface area contributed by atoms with E-state index in [2.05, 4.69) is 5.87 Å². The lowest BCUT2D eigenvalue weighted by Crippen LogP contribution is -2.18. The van der Waals surface area contributed by atoms with Crippen molar-refractivity contribution in [3.8, 4) is 0 Å². The van der Waals surface area contributed by atoms with Crippen molar-refractivity contribution in [2.45, 2.75) is 18.7 Å². The molecule has 4 heteroatoms. The van der Waals surface area contributed by atoms with Gasteiger partial charge in [0.05, 0.1) is 11.7 Å². The minimum absolute atomic E-state index is 0.147. The third kappa shape index (κ3) is 4.23. The van der Waals surface area contributed by atoms with Crippen molar-refractivity contribution in [1.82, 2.24) is 0 Å². The normalized spacial score (nSPS) is 14.3. The topological polar surface area (TPSA) is 43.4 Å². The van der Waals surface area contributed by atoms with Crippen LogP contribution in [0.2, 0.25) is 0 Å². The SMILES string of the molecule is C=S(=O)(CCOC(=O)C(C)C)c1ccccc1. The first-order valence-corrected chi connectivity index (χ1v) is 7.40. The van der Waals surface area contributed by atoms with E-state index < -0.39 is 9.52 Å². The van der Waals surface area contributed by atoms with Crippen LogP contribution in [0.25, 0.3) is 0 Å². The second-order valence-corrected chi connectivity index (χ2v) is 6.65. The van der Waals surface area contributed by atoms with Gasteiger partial charge in [0.1, 0.15) is 6.61 Å². The van der Waals surface area contributed by atoms with Crippen LogP contribution in [0.3, 0.4) is 0 Å². The van der Waals surface area contributed by atoms with Crippen molar-refractivity contribution in [2.24, 2.45) is 5.92 Å². The molecule has 3 nitrogen and oxygen atoms in total. The van der Waals surface area contributed by atoms with Crippen molar-refractivity contribution in [3.05, 3.63) is 30.3 Å². The number of carbonyl (C=O) groups excluding carboxylic acids is 1. The second kappa shape index (κ2) is 5.87. The molecule has 1 atom stereocenters. The molecule has 0 aliphatic heterocycles. The number of rotatable bonds is 5. The van der Waals surface area contributed by atoms with Crippen LogP contribution in [0, 0.1) is 5.92 Å². The number of carbonyl (C=O) groups is 1. The number of hydrogen-bond acceptors (Lipinski definition) is 3. The van der Waals surface area contributed by atoms with Gasteiger partial charge in [0.2, 0.25) is 0 Å². The third-order valence-corrected chi connectivity index (χ3v) is 4.26. The lowest BCUT2D eigenvalue weighted by atomic mass is 10.2. The maximum absolute atomic E-state index is 12.2. The van der Waals surface area contributed by atoms with Crippen LogP contribution in [-0.2, 0) is 19.1 Å². The van der Waals surface area contributed by atoms with E-state index in [1.54, 1.807) is 26.0 Å². The molecule has 0 saturated carbocycles. The van der Waals surface area contributed by atoms with E-state index in [9.17, 15) is 9.00 Å². The molecule has 1 rings (SSSR count). The van der Waals surface area contributed by atoms with Gasteiger partial charge in [-0.15, -0.1) is 0 Å². The molecule has 0 fully saturated rings. The molecular formula is C13H18O3S. The van der Waals surface area contributed by atoms with Gasteiger partial charge >= 0.3 is 5.97 Å². The molecule has 0 aliphatic rings. The Morgan fingerprint density at radius 3 is 2.47 bits per heavy atom. The van der Waals surface area contributed by atoms with Crippen LogP contribution in [0.5, 0.6) is 0 Å². The Kier molecular flexibility index (Phi) is 4.75. The van der Waals surface area contributed by atoms with E-state index in [-0.39, 0.29) is 24.2 Å². The summed E-state index contributed by atoms with van der Waals surface area (Å²) in [7, 11) is -2.36. The van der Waals surface area contributed by atoms with Crippen LogP contribution in [0.1, 0.15) is 13.8 Å². The Hall–Kier alpha value is -1.29.